The summed E-state index contributed by atoms with van der Waals surface area (Å²) in [5, 5.41) is 4.28. The summed E-state index contributed by atoms with van der Waals surface area (Å²) in [5.74, 6) is 0.829. The fourth-order valence-corrected chi connectivity index (χ4v) is 5.60. The predicted octanol–water partition coefficient (Wildman–Crippen LogP) is 10.00. The van der Waals surface area contributed by atoms with E-state index in [1.54, 1.807) is 6.20 Å². The van der Waals surface area contributed by atoms with Gasteiger partial charge in [0.1, 0.15) is 6.17 Å². The largest absolute Gasteiger partial charge is 0.357 e. The second-order valence-corrected chi connectivity index (χ2v) is 10.3. The Morgan fingerprint density at radius 3 is 1.60 bits per heavy atom. The standard InChI is InChI=1S/C36H26ClN3/c37-33-20-21-38-36-34(33)39-35(40(36)32-14-8-3-9-15-32)28-18-16-27(17-19-28)31-23-29(25-10-4-1-5-11-25)22-30(24-31)26-12-6-2-7-13-26/h1-24,35,39H. The Hall–Kier alpha value is -4.86. The van der Waals surface area contributed by atoms with Gasteiger partial charge in [0, 0.05) is 11.9 Å². The first-order valence-electron chi connectivity index (χ1n) is 13.4. The van der Waals surface area contributed by atoms with Gasteiger partial charge < -0.3 is 5.32 Å². The molecule has 0 bridgehead atoms. The van der Waals surface area contributed by atoms with Gasteiger partial charge in [-0.2, -0.15) is 0 Å². The van der Waals surface area contributed by atoms with Crippen molar-refractivity contribution in [3.05, 3.63) is 156 Å². The number of nitrogens with one attached hydrogen (secondary N) is 1. The number of anilines is 3. The summed E-state index contributed by atoms with van der Waals surface area (Å²) in [6.45, 7) is 0. The Kier molecular flexibility index (Phi) is 6.27. The van der Waals surface area contributed by atoms with E-state index in [9.17, 15) is 0 Å². The molecule has 0 amide bonds. The van der Waals surface area contributed by atoms with E-state index in [0.29, 0.717) is 5.02 Å². The molecular weight excluding hydrogens is 510 g/mol. The molecule has 6 aromatic rings. The number of pyridine rings is 1. The predicted molar refractivity (Wildman–Crippen MR) is 167 cm³/mol. The molecule has 1 aromatic heterocycles. The van der Waals surface area contributed by atoms with Gasteiger partial charge in [-0.05, 0) is 75.3 Å². The van der Waals surface area contributed by atoms with Crippen molar-refractivity contribution in [1.29, 1.82) is 0 Å². The molecule has 40 heavy (non-hydrogen) atoms. The second-order valence-electron chi connectivity index (χ2n) is 9.90. The molecule has 7 rings (SSSR count). The topological polar surface area (TPSA) is 28.2 Å². The minimum atomic E-state index is -0.130. The number of nitrogens with zero attached hydrogens (tertiary/aromatic N) is 2. The monoisotopic (exact) mass is 535 g/mol. The zero-order valence-corrected chi connectivity index (χ0v) is 22.5. The number of para-hydroxylation sites is 1. The number of aromatic nitrogens is 1. The minimum absolute atomic E-state index is 0.130. The number of hydrogen-bond donors (Lipinski definition) is 1. The number of benzene rings is 5. The molecule has 0 radical (unpaired) electrons. The fourth-order valence-electron chi connectivity index (χ4n) is 5.41. The molecule has 1 aliphatic rings. The van der Waals surface area contributed by atoms with E-state index < -0.39 is 0 Å². The molecule has 5 aromatic carbocycles. The summed E-state index contributed by atoms with van der Waals surface area (Å²) in [7, 11) is 0. The molecule has 192 valence electrons. The van der Waals surface area contributed by atoms with E-state index in [0.717, 1.165) is 28.3 Å². The van der Waals surface area contributed by atoms with Crippen LogP contribution in [0.5, 0.6) is 0 Å². The van der Waals surface area contributed by atoms with Crippen LogP contribution in [0.4, 0.5) is 17.2 Å². The van der Waals surface area contributed by atoms with Crippen LogP contribution in [0.2, 0.25) is 5.02 Å². The Morgan fingerprint density at radius 2 is 1.05 bits per heavy atom. The highest BCUT2D eigenvalue weighted by atomic mass is 35.5. The molecule has 1 unspecified atom stereocenters. The summed E-state index contributed by atoms with van der Waals surface area (Å²) < 4.78 is 0. The van der Waals surface area contributed by atoms with Crippen molar-refractivity contribution >= 4 is 28.8 Å². The third-order valence-corrected chi connectivity index (χ3v) is 7.70. The average molecular weight is 536 g/mol. The molecule has 4 heteroatoms. The van der Waals surface area contributed by atoms with Gasteiger partial charge in [-0.3, -0.25) is 4.90 Å². The molecule has 1 atom stereocenters. The highest BCUT2D eigenvalue weighted by Crippen LogP contribution is 2.47. The first-order chi connectivity index (χ1) is 19.7. The third-order valence-electron chi connectivity index (χ3n) is 7.39. The van der Waals surface area contributed by atoms with Crippen molar-refractivity contribution in [2.24, 2.45) is 0 Å². The van der Waals surface area contributed by atoms with Gasteiger partial charge in [-0.1, -0.05) is 115 Å². The Morgan fingerprint density at radius 1 is 0.550 bits per heavy atom. The number of rotatable bonds is 5. The van der Waals surface area contributed by atoms with Crippen molar-refractivity contribution in [3.63, 3.8) is 0 Å². The van der Waals surface area contributed by atoms with Gasteiger partial charge in [0.2, 0.25) is 0 Å². The van der Waals surface area contributed by atoms with Crippen molar-refractivity contribution < 1.29 is 0 Å². The Labute approximate surface area is 239 Å². The zero-order chi connectivity index (χ0) is 26.9. The first kappa shape index (κ1) is 24.2. The molecule has 1 aliphatic heterocycles. The van der Waals surface area contributed by atoms with Crippen LogP contribution in [0.3, 0.4) is 0 Å². The highest BCUT2D eigenvalue weighted by Gasteiger charge is 2.33. The normalized spacial score (nSPS) is 14.0. The molecule has 0 saturated carbocycles. The maximum absolute atomic E-state index is 6.58. The van der Waals surface area contributed by atoms with E-state index in [1.165, 1.54) is 27.8 Å². The van der Waals surface area contributed by atoms with Crippen LogP contribution in [-0.4, -0.2) is 4.98 Å². The van der Waals surface area contributed by atoms with Crippen molar-refractivity contribution in [2.75, 3.05) is 10.2 Å². The molecule has 0 saturated heterocycles. The van der Waals surface area contributed by atoms with Gasteiger partial charge in [-0.25, -0.2) is 4.98 Å². The van der Waals surface area contributed by atoms with E-state index in [-0.39, 0.29) is 6.17 Å². The van der Waals surface area contributed by atoms with Crippen molar-refractivity contribution in [1.82, 2.24) is 4.98 Å². The van der Waals surface area contributed by atoms with Crippen LogP contribution in [0.1, 0.15) is 11.7 Å². The van der Waals surface area contributed by atoms with Crippen LogP contribution in [0.25, 0.3) is 33.4 Å². The van der Waals surface area contributed by atoms with Crippen LogP contribution < -0.4 is 10.2 Å². The van der Waals surface area contributed by atoms with Crippen molar-refractivity contribution in [2.45, 2.75) is 6.17 Å². The molecule has 3 nitrogen and oxygen atoms in total. The maximum atomic E-state index is 6.58. The molecule has 0 aliphatic carbocycles. The number of halogens is 1. The minimum Gasteiger partial charge on any atom is -0.357 e. The van der Waals surface area contributed by atoms with Gasteiger partial charge >= 0.3 is 0 Å². The van der Waals surface area contributed by atoms with Crippen LogP contribution in [0.15, 0.2) is 146 Å². The van der Waals surface area contributed by atoms with Gasteiger partial charge in [0.25, 0.3) is 0 Å². The van der Waals surface area contributed by atoms with E-state index in [2.05, 4.69) is 130 Å². The quantitative estimate of drug-likeness (QED) is 0.238. The summed E-state index contributed by atoms with van der Waals surface area (Å²) in [6, 6.07) is 48.9. The average Bonchev–Trinajstić information content (AvgIpc) is 3.43. The lowest BCUT2D eigenvalue weighted by Gasteiger charge is -2.26. The Bertz CT molecular complexity index is 1710. The molecule has 0 spiro atoms. The summed E-state index contributed by atoms with van der Waals surface area (Å²) >= 11 is 6.58. The van der Waals surface area contributed by atoms with Crippen LogP contribution >= 0.6 is 11.6 Å². The first-order valence-corrected chi connectivity index (χ1v) is 13.7. The van der Waals surface area contributed by atoms with Crippen molar-refractivity contribution in [3.8, 4) is 33.4 Å². The van der Waals surface area contributed by atoms with E-state index in [4.69, 9.17) is 11.6 Å². The lowest BCUT2D eigenvalue weighted by atomic mass is 9.93. The van der Waals surface area contributed by atoms with Crippen LogP contribution in [0, 0.1) is 0 Å². The number of hydrogen-bond acceptors (Lipinski definition) is 3. The van der Waals surface area contributed by atoms with Gasteiger partial charge in [0.05, 0.1) is 10.7 Å². The summed E-state index contributed by atoms with van der Waals surface area (Å²) in [5.41, 5.74) is 10.2. The van der Waals surface area contributed by atoms with Gasteiger partial charge in [0.15, 0.2) is 5.82 Å². The lowest BCUT2D eigenvalue weighted by molar-refractivity contribution is 0.820. The fraction of sp³-hybridized carbons (Fsp3) is 0.0278. The second kappa shape index (κ2) is 10.4. The molecule has 2 heterocycles. The summed E-state index contributed by atoms with van der Waals surface area (Å²) in [6.07, 6.45) is 1.63. The SMILES string of the molecule is Clc1ccnc2c1NC(c1ccc(-c3cc(-c4ccccc4)cc(-c4ccccc4)c3)cc1)N2c1ccccc1. The summed E-state index contributed by atoms with van der Waals surface area (Å²) in [4.78, 5) is 6.88. The van der Waals surface area contributed by atoms with Crippen LogP contribution in [-0.2, 0) is 0 Å². The molecule has 0 fully saturated rings. The van der Waals surface area contributed by atoms with Gasteiger partial charge in [-0.15, -0.1) is 0 Å². The van der Waals surface area contributed by atoms with E-state index >= 15 is 0 Å². The molecule has 1 N–H and O–H groups in total. The maximum Gasteiger partial charge on any atom is 0.160 e. The Balaban J connectivity index is 1.29. The number of fused-ring (bicyclic) bond motifs is 1. The van der Waals surface area contributed by atoms with E-state index in [1.807, 2.05) is 24.3 Å². The third kappa shape index (κ3) is 4.51. The lowest BCUT2D eigenvalue weighted by Crippen LogP contribution is -2.23. The smallest absolute Gasteiger partial charge is 0.160 e. The highest BCUT2D eigenvalue weighted by molar-refractivity contribution is 6.34. The molecular formula is C36H26ClN3. The zero-order valence-electron chi connectivity index (χ0n) is 21.7.